The molecule has 1 aliphatic heterocycles. The smallest absolute Gasteiger partial charge is 0.314 e. The first kappa shape index (κ1) is 28.3. The zero-order valence-electron chi connectivity index (χ0n) is 22.1. The van der Waals surface area contributed by atoms with E-state index in [0.29, 0.717) is 37.6 Å². The number of rotatable bonds is 8. The third kappa shape index (κ3) is 4.64. The summed E-state index contributed by atoms with van der Waals surface area (Å²) in [6.07, 6.45) is 1.63. The molecule has 3 fully saturated rings. The molecule has 0 aromatic heterocycles. The lowest BCUT2D eigenvalue weighted by Crippen LogP contribution is -2.42. The second-order valence-electron chi connectivity index (χ2n) is 10.9. The molecule has 0 bridgehead atoms. The summed E-state index contributed by atoms with van der Waals surface area (Å²) in [5, 5.41) is 9.81. The number of sulfonamides is 1. The van der Waals surface area contributed by atoms with Gasteiger partial charge in [0.1, 0.15) is 5.82 Å². The molecule has 2 saturated carbocycles. The monoisotopic (exact) mass is 614 g/mol. The number of halogens is 3. The molecule has 3 aliphatic rings. The van der Waals surface area contributed by atoms with Gasteiger partial charge in [-0.2, -0.15) is 4.31 Å². The van der Waals surface area contributed by atoms with E-state index in [4.69, 9.17) is 11.6 Å². The molecule has 1 N–H and O–H groups in total. The highest BCUT2D eigenvalue weighted by Crippen LogP contribution is 2.54. The average molecular weight is 615 g/mol. The van der Waals surface area contributed by atoms with E-state index in [1.807, 2.05) is 0 Å². The number of anilines is 1. The molecular formula is C30H25ClF2N2O6S. The fraction of sp³-hybridized carbons (Fsp3) is 0.300. The zero-order chi connectivity index (χ0) is 30.0. The fourth-order valence-electron chi connectivity index (χ4n) is 5.26. The van der Waals surface area contributed by atoms with E-state index in [1.54, 1.807) is 30.3 Å². The van der Waals surface area contributed by atoms with Crippen molar-refractivity contribution in [3.8, 4) is 11.1 Å². The zero-order valence-corrected chi connectivity index (χ0v) is 23.7. The molecule has 3 aromatic carbocycles. The Hall–Kier alpha value is -3.83. The second kappa shape index (κ2) is 10.2. The largest absolute Gasteiger partial charge is 0.481 e. The molecule has 2 amide bonds. The molecular weight excluding hydrogens is 590 g/mol. The maximum absolute atomic E-state index is 15.5. The summed E-state index contributed by atoms with van der Waals surface area (Å²) in [5.41, 5.74) is -2.57. The number of aliphatic carboxylic acids is 1. The molecule has 218 valence electrons. The third-order valence-electron chi connectivity index (χ3n) is 8.07. The summed E-state index contributed by atoms with van der Waals surface area (Å²) in [7, 11) is -5.09. The first-order valence-electron chi connectivity index (χ1n) is 13.5. The lowest BCUT2D eigenvalue weighted by Gasteiger charge is -2.32. The topological polar surface area (TPSA) is 112 Å². The molecule has 42 heavy (non-hydrogen) atoms. The van der Waals surface area contributed by atoms with Crippen molar-refractivity contribution in [3.63, 3.8) is 0 Å². The van der Waals surface area contributed by atoms with Crippen LogP contribution in [0.5, 0.6) is 0 Å². The summed E-state index contributed by atoms with van der Waals surface area (Å²) in [4.78, 5) is 40.0. The molecule has 12 heteroatoms. The Balaban J connectivity index is 1.59. The molecule has 0 atom stereocenters. The minimum absolute atomic E-state index is 0.0730. The normalized spacial score (nSPS) is 17.4. The van der Waals surface area contributed by atoms with E-state index >= 15 is 4.39 Å². The minimum Gasteiger partial charge on any atom is -0.481 e. The molecule has 1 heterocycles. The summed E-state index contributed by atoms with van der Waals surface area (Å²) in [6, 6.07) is 11.8. The lowest BCUT2D eigenvalue weighted by molar-refractivity contribution is -0.140. The van der Waals surface area contributed by atoms with Gasteiger partial charge in [-0.1, -0.05) is 41.9 Å². The molecule has 0 radical (unpaired) electrons. The molecule has 2 aliphatic carbocycles. The van der Waals surface area contributed by atoms with E-state index in [0.717, 1.165) is 18.6 Å². The Labute approximate surface area is 245 Å². The minimum atomic E-state index is -5.09. The third-order valence-corrected chi connectivity index (χ3v) is 10.1. The van der Waals surface area contributed by atoms with Crippen molar-refractivity contribution < 1.29 is 36.7 Å². The number of carboxylic acids is 1. The van der Waals surface area contributed by atoms with E-state index < -0.39 is 61.4 Å². The second-order valence-corrected chi connectivity index (χ2v) is 13.1. The highest BCUT2D eigenvalue weighted by atomic mass is 35.5. The summed E-state index contributed by atoms with van der Waals surface area (Å²) in [6.45, 7) is 0.906. The predicted molar refractivity (Wildman–Crippen MR) is 150 cm³/mol. The lowest BCUT2D eigenvalue weighted by atomic mass is 9.94. The number of benzene rings is 3. The molecule has 3 aromatic rings. The molecule has 8 nitrogen and oxygen atoms in total. The molecule has 0 unspecified atom stereocenters. The fourth-order valence-corrected chi connectivity index (χ4v) is 7.54. The summed E-state index contributed by atoms with van der Waals surface area (Å²) in [5.74, 6) is -5.77. The first-order valence-corrected chi connectivity index (χ1v) is 15.3. The van der Waals surface area contributed by atoms with E-state index in [9.17, 15) is 32.3 Å². The van der Waals surface area contributed by atoms with Gasteiger partial charge in [-0.05, 0) is 55.9 Å². The van der Waals surface area contributed by atoms with Gasteiger partial charge >= 0.3 is 5.97 Å². The van der Waals surface area contributed by atoms with Gasteiger partial charge < -0.3 is 10.0 Å². The van der Waals surface area contributed by atoms with Gasteiger partial charge in [0.25, 0.3) is 15.9 Å². The summed E-state index contributed by atoms with van der Waals surface area (Å²) < 4.78 is 59.9. The highest BCUT2D eigenvalue weighted by Gasteiger charge is 2.56. The van der Waals surface area contributed by atoms with E-state index in [1.165, 1.54) is 11.0 Å². The van der Waals surface area contributed by atoms with Crippen molar-refractivity contribution in [2.75, 3.05) is 17.4 Å². The van der Waals surface area contributed by atoms with Crippen LogP contribution in [0.1, 0.15) is 48.0 Å². The van der Waals surface area contributed by atoms with Crippen LogP contribution in [0, 0.1) is 17.6 Å². The van der Waals surface area contributed by atoms with Gasteiger partial charge in [0, 0.05) is 46.8 Å². The van der Waals surface area contributed by atoms with Crippen LogP contribution in [0.25, 0.3) is 11.1 Å². The van der Waals surface area contributed by atoms with Crippen LogP contribution in [-0.2, 0) is 25.0 Å². The Morgan fingerprint density at radius 2 is 1.64 bits per heavy atom. The Morgan fingerprint density at radius 3 is 2.19 bits per heavy atom. The van der Waals surface area contributed by atoms with Gasteiger partial charge in [0.05, 0.1) is 16.0 Å². The Bertz CT molecular complexity index is 1750. The van der Waals surface area contributed by atoms with Gasteiger partial charge in [0.2, 0.25) is 5.91 Å². The standard InChI is InChI=1S/C30H25ClF2N2O6S/c31-21-13-19(27(36)34-11-4-12-34)14-25(26(21)30(9-10-30)29(38)39)42(40,41)35(28(37)18-7-8-18)24-15-20(22(32)16-23(24)33)17-5-2-1-3-6-17/h1-3,5-6,13-16,18H,4,7-12H2,(H,38,39). The Morgan fingerprint density at radius 1 is 0.976 bits per heavy atom. The van der Waals surface area contributed by atoms with Crippen LogP contribution in [0.2, 0.25) is 5.02 Å². The number of carbonyl (C=O) groups is 3. The number of nitrogens with zero attached hydrogens (tertiary/aromatic N) is 2. The number of carbonyl (C=O) groups excluding carboxylic acids is 2. The van der Waals surface area contributed by atoms with Crippen LogP contribution < -0.4 is 4.31 Å². The SMILES string of the molecule is O=C(c1cc(Cl)c(C2(C(=O)O)CC2)c(S(=O)(=O)N(C(=O)C2CC2)c2cc(-c3ccccc3)c(F)cc2F)c1)N1CCC1. The number of likely N-dealkylation sites (tertiary alicyclic amines) is 1. The van der Waals surface area contributed by atoms with Crippen molar-refractivity contribution in [1.29, 1.82) is 0 Å². The number of amides is 2. The van der Waals surface area contributed by atoms with Crippen LogP contribution in [0.3, 0.4) is 0 Å². The van der Waals surface area contributed by atoms with Crippen molar-refractivity contribution >= 4 is 45.1 Å². The molecule has 1 saturated heterocycles. The maximum Gasteiger partial charge on any atom is 0.314 e. The average Bonchev–Trinajstić information content (AvgIpc) is 3.83. The predicted octanol–water partition coefficient (Wildman–Crippen LogP) is 5.38. The van der Waals surface area contributed by atoms with Gasteiger partial charge in [-0.25, -0.2) is 17.2 Å². The number of hydrogen-bond donors (Lipinski definition) is 1. The number of hydrogen-bond acceptors (Lipinski definition) is 5. The van der Waals surface area contributed by atoms with Crippen LogP contribution in [-0.4, -0.2) is 49.3 Å². The van der Waals surface area contributed by atoms with E-state index in [2.05, 4.69) is 0 Å². The van der Waals surface area contributed by atoms with Gasteiger partial charge in [0.15, 0.2) is 5.82 Å². The maximum atomic E-state index is 15.5. The molecule has 0 spiro atoms. The van der Waals surface area contributed by atoms with Crippen molar-refractivity contribution in [1.82, 2.24) is 4.90 Å². The summed E-state index contributed by atoms with van der Waals surface area (Å²) >= 11 is 6.56. The van der Waals surface area contributed by atoms with Crippen molar-refractivity contribution in [2.24, 2.45) is 5.92 Å². The number of carboxylic acid groups (broad SMARTS) is 1. The van der Waals surface area contributed by atoms with Crippen LogP contribution >= 0.6 is 11.6 Å². The van der Waals surface area contributed by atoms with Crippen LogP contribution in [0.4, 0.5) is 14.5 Å². The Kier molecular flexibility index (Phi) is 6.85. The highest BCUT2D eigenvalue weighted by molar-refractivity contribution is 7.93. The quantitative estimate of drug-likeness (QED) is 0.365. The van der Waals surface area contributed by atoms with Crippen molar-refractivity contribution in [3.05, 3.63) is 82.4 Å². The van der Waals surface area contributed by atoms with Gasteiger partial charge in [-0.3, -0.25) is 14.4 Å². The van der Waals surface area contributed by atoms with Gasteiger partial charge in [-0.15, -0.1) is 0 Å². The molecule has 6 rings (SSSR count). The van der Waals surface area contributed by atoms with E-state index in [-0.39, 0.29) is 38.9 Å². The van der Waals surface area contributed by atoms with Crippen LogP contribution in [0.15, 0.2) is 59.5 Å². The first-order chi connectivity index (χ1) is 20.0. The van der Waals surface area contributed by atoms with Crippen molar-refractivity contribution in [2.45, 2.75) is 42.4 Å².